The fraction of sp³-hybridized carbons (Fsp3) is 0.480. The maximum absolute atomic E-state index is 12.5. The molecule has 0 saturated carbocycles. The average molecular weight is 426 g/mol. The van der Waals surface area contributed by atoms with Gasteiger partial charge in [-0.25, -0.2) is 0 Å². The Hall–Kier alpha value is -2.57. The Morgan fingerprint density at radius 1 is 1.00 bits per heavy atom. The van der Waals surface area contributed by atoms with Gasteiger partial charge >= 0.3 is 0 Å². The highest BCUT2D eigenvalue weighted by Crippen LogP contribution is 2.35. The third-order valence-electron chi connectivity index (χ3n) is 6.01. The highest BCUT2D eigenvalue weighted by molar-refractivity contribution is 5.93. The molecule has 1 fully saturated rings. The van der Waals surface area contributed by atoms with Gasteiger partial charge < -0.3 is 15.5 Å². The first kappa shape index (κ1) is 23.1. The van der Waals surface area contributed by atoms with Crippen molar-refractivity contribution >= 4 is 11.6 Å². The zero-order valence-corrected chi connectivity index (χ0v) is 19.3. The number of hydrogen-bond donors (Lipinski definition) is 3. The van der Waals surface area contributed by atoms with Crippen LogP contribution in [0, 0.1) is 13.8 Å². The van der Waals surface area contributed by atoms with Crippen molar-refractivity contribution in [3.05, 3.63) is 52.6 Å². The molecule has 0 bridgehead atoms. The van der Waals surface area contributed by atoms with Gasteiger partial charge in [-0.15, -0.1) is 0 Å². The molecule has 1 saturated heterocycles. The second-order valence-corrected chi connectivity index (χ2v) is 9.62. The molecule has 0 radical (unpaired) electrons. The first-order valence-corrected chi connectivity index (χ1v) is 10.9. The van der Waals surface area contributed by atoms with Gasteiger partial charge in [0, 0.05) is 44.0 Å². The summed E-state index contributed by atoms with van der Waals surface area (Å²) in [5, 5.41) is 23.5. The van der Waals surface area contributed by atoms with Crippen molar-refractivity contribution in [2.24, 2.45) is 0 Å². The zero-order valence-electron chi connectivity index (χ0n) is 19.3. The van der Waals surface area contributed by atoms with Crippen LogP contribution >= 0.6 is 0 Å². The van der Waals surface area contributed by atoms with Gasteiger partial charge in [-0.1, -0.05) is 45.0 Å². The summed E-state index contributed by atoms with van der Waals surface area (Å²) in [7, 11) is 0. The minimum atomic E-state index is -0.110. The number of phenolic OH excluding ortho intramolecular Hbond substituents is 2. The molecule has 168 valence electrons. The summed E-state index contributed by atoms with van der Waals surface area (Å²) in [6.07, 6.45) is 0. The number of hydrogen-bond acceptors (Lipinski definition) is 5. The fourth-order valence-electron chi connectivity index (χ4n) is 3.97. The van der Waals surface area contributed by atoms with Gasteiger partial charge in [0.2, 0.25) is 5.91 Å². The van der Waals surface area contributed by atoms with Crippen LogP contribution in [0.3, 0.4) is 0 Å². The van der Waals surface area contributed by atoms with Gasteiger partial charge in [0.25, 0.3) is 0 Å². The molecule has 31 heavy (non-hydrogen) atoms. The second kappa shape index (κ2) is 9.28. The van der Waals surface area contributed by atoms with Crippen molar-refractivity contribution in [2.75, 3.05) is 38.0 Å². The van der Waals surface area contributed by atoms with Gasteiger partial charge in [0.15, 0.2) is 11.5 Å². The summed E-state index contributed by atoms with van der Waals surface area (Å²) in [6.45, 7) is 14.4. The van der Waals surface area contributed by atoms with Crippen molar-refractivity contribution in [2.45, 2.75) is 46.6 Å². The van der Waals surface area contributed by atoms with Crippen molar-refractivity contribution in [1.29, 1.82) is 0 Å². The summed E-state index contributed by atoms with van der Waals surface area (Å²) in [5.74, 6) is -0.0982. The molecule has 1 aliphatic heterocycles. The van der Waals surface area contributed by atoms with E-state index in [2.05, 4.69) is 35.9 Å². The topological polar surface area (TPSA) is 76.0 Å². The van der Waals surface area contributed by atoms with E-state index in [0.717, 1.165) is 54.1 Å². The van der Waals surface area contributed by atoms with Gasteiger partial charge in [0.05, 0.1) is 6.54 Å². The number of aromatic hydroxyl groups is 2. The Morgan fingerprint density at radius 2 is 1.58 bits per heavy atom. The lowest BCUT2D eigenvalue weighted by Gasteiger charge is -2.34. The minimum absolute atomic E-state index is 0.00583. The number of rotatable bonds is 5. The highest BCUT2D eigenvalue weighted by atomic mass is 16.3. The Balaban J connectivity index is 1.56. The third-order valence-corrected chi connectivity index (χ3v) is 6.01. The SMILES string of the molecule is Cc1cccc(C)c1NC(=O)CN1CCN(Cc2cc(C(C)(C)C)cc(O)c2O)CC1. The normalized spacial score (nSPS) is 15.8. The van der Waals surface area contributed by atoms with Crippen molar-refractivity contribution in [1.82, 2.24) is 9.80 Å². The number of amides is 1. The predicted octanol–water partition coefficient (Wildman–Crippen LogP) is 3.77. The van der Waals surface area contributed by atoms with Crippen molar-refractivity contribution < 1.29 is 15.0 Å². The summed E-state index contributed by atoms with van der Waals surface area (Å²) in [5.41, 5.74) is 4.67. The Morgan fingerprint density at radius 3 is 2.16 bits per heavy atom. The predicted molar refractivity (Wildman–Crippen MR) is 125 cm³/mol. The molecule has 0 spiro atoms. The summed E-state index contributed by atoms with van der Waals surface area (Å²) >= 11 is 0. The van der Waals surface area contributed by atoms with E-state index in [1.54, 1.807) is 6.07 Å². The monoisotopic (exact) mass is 425 g/mol. The molecule has 1 amide bonds. The maximum atomic E-state index is 12.5. The highest BCUT2D eigenvalue weighted by Gasteiger charge is 2.23. The molecule has 0 atom stereocenters. The smallest absolute Gasteiger partial charge is 0.238 e. The molecule has 6 nitrogen and oxygen atoms in total. The Labute approximate surface area is 185 Å². The lowest BCUT2D eigenvalue weighted by atomic mass is 9.85. The first-order chi connectivity index (χ1) is 14.5. The van der Waals surface area contributed by atoms with Crippen LogP contribution < -0.4 is 5.32 Å². The van der Waals surface area contributed by atoms with Crippen LogP contribution in [-0.4, -0.2) is 58.6 Å². The van der Waals surface area contributed by atoms with E-state index in [9.17, 15) is 15.0 Å². The number of nitrogens with zero attached hydrogens (tertiary/aromatic N) is 2. The molecule has 0 unspecified atom stereocenters. The minimum Gasteiger partial charge on any atom is -0.504 e. The van der Waals surface area contributed by atoms with Crippen LogP contribution in [0.4, 0.5) is 5.69 Å². The lowest BCUT2D eigenvalue weighted by Crippen LogP contribution is -2.48. The number of nitrogens with one attached hydrogen (secondary N) is 1. The van der Waals surface area contributed by atoms with Gasteiger partial charge in [-0.2, -0.15) is 0 Å². The van der Waals surface area contributed by atoms with Crippen LogP contribution in [0.1, 0.15) is 43.0 Å². The number of carbonyl (C=O) groups excluding carboxylic acids is 1. The van der Waals surface area contributed by atoms with Crippen LogP contribution in [0.25, 0.3) is 0 Å². The van der Waals surface area contributed by atoms with Crippen LogP contribution in [0.5, 0.6) is 11.5 Å². The van der Waals surface area contributed by atoms with E-state index in [0.29, 0.717) is 13.1 Å². The number of piperazine rings is 1. The summed E-state index contributed by atoms with van der Waals surface area (Å²) in [4.78, 5) is 16.9. The van der Waals surface area contributed by atoms with Gasteiger partial charge in [0.1, 0.15) is 0 Å². The Kier molecular flexibility index (Phi) is 6.92. The molecule has 2 aromatic rings. The van der Waals surface area contributed by atoms with Gasteiger partial charge in [-0.05, 0) is 42.0 Å². The fourth-order valence-corrected chi connectivity index (χ4v) is 3.97. The Bertz CT molecular complexity index is 922. The van der Waals surface area contributed by atoms with Crippen molar-refractivity contribution in [3.8, 4) is 11.5 Å². The molecule has 0 aliphatic carbocycles. The first-order valence-electron chi connectivity index (χ1n) is 10.9. The van der Waals surface area contributed by atoms with E-state index >= 15 is 0 Å². The number of benzene rings is 2. The molecular weight excluding hydrogens is 390 g/mol. The number of carbonyl (C=O) groups is 1. The standard InChI is InChI=1S/C25H35N3O3/c1-17-7-6-8-18(2)23(17)26-22(30)16-28-11-9-27(10-12-28)15-19-13-20(25(3,4)5)14-21(29)24(19)31/h6-8,13-14,29,31H,9-12,15-16H2,1-5H3,(H,26,30). The molecule has 3 N–H and O–H groups in total. The van der Waals surface area contributed by atoms with Crippen molar-refractivity contribution in [3.63, 3.8) is 0 Å². The van der Waals surface area contributed by atoms with Crippen LogP contribution in [0.15, 0.2) is 30.3 Å². The molecule has 1 aliphatic rings. The average Bonchev–Trinajstić information content (AvgIpc) is 2.69. The molecule has 6 heteroatoms. The molecule has 3 rings (SSSR count). The molecular formula is C25H35N3O3. The van der Waals surface area contributed by atoms with E-state index in [4.69, 9.17) is 0 Å². The van der Waals surface area contributed by atoms with E-state index < -0.39 is 0 Å². The number of phenols is 2. The lowest BCUT2D eigenvalue weighted by molar-refractivity contribution is -0.117. The summed E-state index contributed by atoms with van der Waals surface area (Å²) < 4.78 is 0. The van der Waals surface area contributed by atoms with Crippen LogP contribution in [-0.2, 0) is 16.8 Å². The maximum Gasteiger partial charge on any atom is 0.238 e. The molecule has 1 heterocycles. The summed E-state index contributed by atoms with van der Waals surface area (Å²) in [6, 6.07) is 9.63. The van der Waals surface area contributed by atoms with Gasteiger partial charge in [-0.3, -0.25) is 14.6 Å². The van der Waals surface area contributed by atoms with Crippen LogP contribution in [0.2, 0.25) is 0 Å². The number of para-hydroxylation sites is 1. The quantitative estimate of drug-likeness (QED) is 0.636. The molecule has 0 aromatic heterocycles. The number of aryl methyl sites for hydroxylation is 2. The zero-order chi connectivity index (χ0) is 22.8. The second-order valence-electron chi connectivity index (χ2n) is 9.62. The van der Waals surface area contributed by atoms with E-state index in [1.807, 2.05) is 38.1 Å². The number of anilines is 1. The van der Waals surface area contributed by atoms with E-state index in [-0.39, 0.29) is 22.8 Å². The van der Waals surface area contributed by atoms with E-state index in [1.165, 1.54) is 0 Å². The molecule has 2 aromatic carbocycles. The third kappa shape index (κ3) is 5.77. The largest absolute Gasteiger partial charge is 0.504 e.